The summed E-state index contributed by atoms with van der Waals surface area (Å²) in [5, 5.41) is 1.79. The SMILES string of the molecule is CC(CCCN)c1c(Cl)ccc(Cl)c1Cl. The average molecular weight is 267 g/mol. The van der Waals surface area contributed by atoms with Crippen LogP contribution in [-0.2, 0) is 0 Å². The maximum atomic E-state index is 6.12. The van der Waals surface area contributed by atoms with Crippen molar-refractivity contribution in [1.82, 2.24) is 0 Å². The maximum absolute atomic E-state index is 6.12. The Hall–Kier alpha value is 0.0500. The number of hydrogen-bond acceptors (Lipinski definition) is 1. The van der Waals surface area contributed by atoms with Gasteiger partial charge in [-0.1, -0.05) is 41.7 Å². The van der Waals surface area contributed by atoms with E-state index >= 15 is 0 Å². The van der Waals surface area contributed by atoms with Crippen molar-refractivity contribution in [1.29, 1.82) is 0 Å². The summed E-state index contributed by atoms with van der Waals surface area (Å²) in [6.07, 6.45) is 1.93. The fourth-order valence-corrected chi connectivity index (χ4v) is 2.47. The molecule has 1 nitrogen and oxygen atoms in total. The Morgan fingerprint density at radius 2 is 1.80 bits per heavy atom. The Morgan fingerprint density at radius 1 is 1.20 bits per heavy atom. The van der Waals surface area contributed by atoms with Gasteiger partial charge >= 0.3 is 0 Å². The van der Waals surface area contributed by atoms with E-state index in [1.807, 2.05) is 0 Å². The number of rotatable bonds is 4. The van der Waals surface area contributed by atoms with E-state index in [9.17, 15) is 0 Å². The maximum Gasteiger partial charge on any atom is 0.0641 e. The molecule has 15 heavy (non-hydrogen) atoms. The van der Waals surface area contributed by atoms with E-state index in [1.165, 1.54) is 0 Å². The summed E-state index contributed by atoms with van der Waals surface area (Å²) in [6, 6.07) is 3.50. The van der Waals surface area contributed by atoms with E-state index in [2.05, 4.69) is 6.92 Å². The summed E-state index contributed by atoms with van der Waals surface area (Å²) < 4.78 is 0. The third-order valence-electron chi connectivity index (χ3n) is 2.41. The molecule has 1 rings (SSSR count). The van der Waals surface area contributed by atoms with Crippen molar-refractivity contribution in [2.75, 3.05) is 6.54 Å². The van der Waals surface area contributed by atoms with E-state index in [-0.39, 0.29) is 5.92 Å². The molecule has 0 aliphatic carbocycles. The molecular formula is C11H14Cl3N. The van der Waals surface area contributed by atoms with Crippen molar-refractivity contribution in [3.8, 4) is 0 Å². The van der Waals surface area contributed by atoms with Crippen LogP contribution in [0.4, 0.5) is 0 Å². The van der Waals surface area contributed by atoms with Gasteiger partial charge in [0.1, 0.15) is 0 Å². The van der Waals surface area contributed by atoms with E-state index in [1.54, 1.807) is 12.1 Å². The zero-order chi connectivity index (χ0) is 11.4. The molecule has 0 saturated heterocycles. The normalized spacial score (nSPS) is 12.9. The van der Waals surface area contributed by atoms with Gasteiger partial charge in [-0.25, -0.2) is 0 Å². The van der Waals surface area contributed by atoms with E-state index in [0.29, 0.717) is 21.6 Å². The first-order valence-electron chi connectivity index (χ1n) is 4.91. The molecule has 4 heteroatoms. The molecule has 1 atom stereocenters. The molecule has 1 aromatic carbocycles. The van der Waals surface area contributed by atoms with Crippen LogP contribution in [0.2, 0.25) is 15.1 Å². The van der Waals surface area contributed by atoms with Gasteiger partial charge in [0.15, 0.2) is 0 Å². The summed E-state index contributed by atoms with van der Waals surface area (Å²) >= 11 is 18.2. The monoisotopic (exact) mass is 265 g/mol. The highest BCUT2D eigenvalue weighted by Gasteiger charge is 2.15. The lowest BCUT2D eigenvalue weighted by molar-refractivity contribution is 0.641. The molecule has 0 aliphatic heterocycles. The molecule has 2 N–H and O–H groups in total. The van der Waals surface area contributed by atoms with Crippen LogP contribution in [-0.4, -0.2) is 6.54 Å². The van der Waals surface area contributed by atoms with Gasteiger partial charge in [-0.3, -0.25) is 0 Å². The molecule has 0 aromatic heterocycles. The molecule has 1 unspecified atom stereocenters. The summed E-state index contributed by atoms with van der Waals surface area (Å²) in [5.41, 5.74) is 6.40. The van der Waals surface area contributed by atoms with Crippen LogP contribution in [0, 0.1) is 0 Å². The number of nitrogens with two attached hydrogens (primary N) is 1. The Bertz CT molecular complexity index is 339. The number of benzene rings is 1. The first kappa shape index (κ1) is 13.1. The van der Waals surface area contributed by atoms with Crippen LogP contribution < -0.4 is 5.73 Å². The zero-order valence-electron chi connectivity index (χ0n) is 8.56. The van der Waals surface area contributed by atoms with Crippen LogP contribution in [0.15, 0.2) is 12.1 Å². The molecule has 0 amide bonds. The second-order valence-electron chi connectivity index (χ2n) is 3.59. The first-order valence-corrected chi connectivity index (χ1v) is 6.04. The van der Waals surface area contributed by atoms with Gasteiger partial charge < -0.3 is 5.73 Å². The molecule has 0 aliphatic rings. The average Bonchev–Trinajstić information content (AvgIpc) is 2.21. The molecular weight excluding hydrogens is 252 g/mol. The van der Waals surface area contributed by atoms with E-state index < -0.39 is 0 Å². The minimum absolute atomic E-state index is 0.284. The van der Waals surface area contributed by atoms with Crippen molar-refractivity contribution in [3.05, 3.63) is 32.8 Å². The lowest BCUT2D eigenvalue weighted by Crippen LogP contribution is -2.03. The molecule has 0 fully saturated rings. The van der Waals surface area contributed by atoms with Crippen LogP contribution >= 0.6 is 34.8 Å². The second kappa shape index (κ2) is 5.95. The standard InChI is InChI=1S/C11H14Cl3N/c1-7(3-2-6-15)10-8(12)4-5-9(13)11(10)14/h4-5,7H,2-3,6,15H2,1H3. The van der Waals surface area contributed by atoms with Crippen LogP contribution in [0.3, 0.4) is 0 Å². The van der Waals surface area contributed by atoms with Crippen molar-refractivity contribution in [2.45, 2.75) is 25.7 Å². The molecule has 0 bridgehead atoms. The largest absolute Gasteiger partial charge is 0.330 e. The fraction of sp³-hybridized carbons (Fsp3) is 0.455. The van der Waals surface area contributed by atoms with E-state index in [0.717, 1.165) is 18.4 Å². The Morgan fingerprint density at radius 3 is 2.40 bits per heavy atom. The predicted octanol–water partition coefficient (Wildman–Crippen LogP) is 4.49. The fourth-order valence-electron chi connectivity index (χ4n) is 1.56. The molecule has 0 saturated carbocycles. The quantitative estimate of drug-likeness (QED) is 0.799. The van der Waals surface area contributed by atoms with Crippen LogP contribution in [0.25, 0.3) is 0 Å². The van der Waals surface area contributed by atoms with Gasteiger partial charge in [-0.2, -0.15) is 0 Å². The molecule has 0 radical (unpaired) electrons. The zero-order valence-corrected chi connectivity index (χ0v) is 10.8. The van der Waals surface area contributed by atoms with Gasteiger partial charge in [0, 0.05) is 5.02 Å². The Balaban J connectivity index is 2.96. The second-order valence-corrected chi connectivity index (χ2v) is 4.78. The number of halogens is 3. The van der Waals surface area contributed by atoms with Crippen LogP contribution in [0.1, 0.15) is 31.2 Å². The van der Waals surface area contributed by atoms with Crippen molar-refractivity contribution in [3.63, 3.8) is 0 Å². The third kappa shape index (κ3) is 3.25. The highest BCUT2D eigenvalue weighted by Crippen LogP contribution is 2.37. The van der Waals surface area contributed by atoms with Crippen molar-refractivity contribution in [2.24, 2.45) is 5.73 Å². The van der Waals surface area contributed by atoms with Crippen molar-refractivity contribution < 1.29 is 0 Å². The van der Waals surface area contributed by atoms with Gasteiger partial charge in [-0.05, 0) is 43.0 Å². The highest BCUT2D eigenvalue weighted by atomic mass is 35.5. The van der Waals surface area contributed by atoms with Gasteiger partial charge in [0.05, 0.1) is 10.0 Å². The molecule has 0 spiro atoms. The first-order chi connectivity index (χ1) is 7.07. The molecule has 84 valence electrons. The predicted molar refractivity (Wildman–Crippen MR) is 68.2 cm³/mol. The summed E-state index contributed by atoms with van der Waals surface area (Å²) in [4.78, 5) is 0. The topological polar surface area (TPSA) is 26.0 Å². The third-order valence-corrected chi connectivity index (χ3v) is 3.56. The number of hydrogen-bond donors (Lipinski definition) is 1. The lowest BCUT2D eigenvalue weighted by atomic mass is 9.96. The smallest absolute Gasteiger partial charge is 0.0641 e. The van der Waals surface area contributed by atoms with Crippen LogP contribution in [0.5, 0.6) is 0 Å². The highest BCUT2D eigenvalue weighted by molar-refractivity contribution is 6.44. The molecule has 1 aromatic rings. The van der Waals surface area contributed by atoms with E-state index in [4.69, 9.17) is 40.5 Å². The summed E-state index contributed by atoms with van der Waals surface area (Å²) in [7, 11) is 0. The van der Waals surface area contributed by atoms with Gasteiger partial charge in [0.25, 0.3) is 0 Å². The Kier molecular flexibility index (Phi) is 5.20. The summed E-state index contributed by atoms with van der Waals surface area (Å²) in [5.74, 6) is 0.284. The van der Waals surface area contributed by atoms with Gasteiger partial charge in [0.2, 0.25) is 0 Å². The minimum Gasteiger partial charge on any atom is -0.330 e. The lowest BCUT2D eigenvalue weighted by Gasteiger charge is -2.15. The van der Waals surface area contributed by atoms with Crippen molar-refractivity contribution >= 4 is 34.8 Å². The Labute approximate surface area is 106 Å². The minimum atomic E-state index is 0.284. The van der Waals surface area contributed by atoms with Gasteiger partial charge in [-0.15, -0.1) is 0 Å². The summed E-state index contributed by atoms with van der Waals surface area (Å²) in [6.45, 7) is 2.76. The molecule has 0 heterocycles.